The molecule has 1 atom stereocenters. The largest absolute Gasteiger partial charge is 0.422 e. The molecule has 6 nitrogen and oxygen atoms in total. The van der Waals surface area contributed by atoms with Crippen LogP contribution in [0, 0.1) is 13.8 Å². The van der Waals surface area contributed by atoms with Crippen LogP contribution in [-0.2, 0) is 16.9 Å². The third kappa shape index (κ3) is 2.92. The smallest absolute Gasteiger partial charge is 0.336 e. The average Bonchev–Trinajstić information content (AvgIpc) is 2.97. The number of fused-ring (bicyclic) bond motifs is 1. The summed E-state index contributed by atoms with van der Waals surface area (Å²) in [7, 11) is 0. The first-order chi connectivity index (χ1) is 13.9. The zero-order chi connectivity index (χ0) is 20.8. The van der Waals surface area contributed by atoms with Gasteiger partial charge in [0.25, 0.3) is 5.91 Å². The van der Waals surface area contributed by atoms with Gasteiger partial charge in [-0.2, -0.15) is 0 Å². The third-order valence-electron chi connectivity index (χ3n) is 5.82. The standard InChI is InChI=1S/C23H22N2O4/c1-4-23(17-8-6-5-7-9-17)21(27)25(22(28)24-23)13-16-12-19(26)29-20-15(3)14(2)10-11-18(16)20/h5-12H,4,13H2,1-3H3,(H,24,28). The predicted molar refractivity (Wildman–Crippen MR) is 109 cm³/mol. The summed E-state index contributed by atoms with van der Waals surface area (Å²) in [4.78, 5) is 39.4. The summed E-state index contributed by atoms with van der Waals surface area (Å²) in [5, 5.41) is 3.60. The molecular formula is C23H22N2O4. The maximum Gasteiger partial charge on any atom is 0.336 e. The number of nitrogens with one attached hydrogen (secondary N) is 1. The molecule has 1 unspecified atom stereocenters. The van der Waals surface area contributed by atoms with E-state index >= 15 is 0 Å². The highest BCUT2D eigenvalue weighted by Gasteiger charge is 2.51. The van der Waals surface area contributed by atoms with E-state index in [9.17, 15) is 14.4 Å². The zero-order valence-electron chi connectivity index (χ0n) is 16.6. The topological polar surface area (TPSA) is 79.6 Å². The van der Waals surface area contributed by atoms with Crippen LogP contribution in [0.2, 0.25) is 0 Å². The maximum absolute atomic E-state index is 13.4. The van der Waals surface area contributed by atoms with E-state index in [1.807, 2.05) is 63.2 Å². The van der Waals surface area contributed by atoms with Crippen molar-refractivity contribution in [1.82, 2.24) is 10.2 Å². The van der Waals surface area contributed by atoms with Gasteiger partial charge in [-0.25, -0.2) is 9.59 Å². The SMILES string of the molecule is CCC1(c2ccccc2)NC(=O)N(Cc2cc(=O)oc3c(C)c(C)ccc23)C1=O. The van der Waals surface area contributed by atoms with Crippen molar-refractivity contribution in [3.05, 3.63) is 81.2 Å². The summed E-state index contributed by atoms with van der Waals surface area (Å²) < 4.78 is 5.40. The van der Waals surface area contributed by atoms with Crippen LogP contribution in [0.15, 0.2) is 57.7 Å². The van der Waals surface area contributed by atoms with Crippen molar-refractivity contribution in [3.63, 3.8) is 0 Å². The third-order valence-corrected chi connectivity index (χ3v) is 5.82. The first-order valence-corrected chi connectivity index (χ1v) is 9.60. The lowest BCUT2D eigenvalue weighted by Gasteiger charge is -2.25. The van der Waals surface area contributed by atoms with Crippen LogP contribution in [0.4, 0.5) is 4.79 Å². The second-order valence-electron chi connectivity index (χ2n) is 7.42. The van der Waals surface area contributed by atoms with Gasteiger partial charge in [0.1, 0.15) is 11.1 Å². The molecule has 29 heavy (non-hydrogen) atoms. The van der Waals surface area contributed by atoms with Gasteiger partial charge in [0.2, 0.25) is 0 Å². The van der Waals surface area contributed by atoms with Gasteiger partial charge >= 0.3 is 11.7 Å². The Kier molecular flexibility index (Phi) is 4.49. The molecule has 2 heterocycles. The molecule has 1 N–H and O–H groups in total. The molecule has 4 rings (SSSR count). The number of rotatable bonds is 4. The second kappa shape index (κ2) is 6.88. The highest BCUT2D eigenvalue weighted by Crippen LogP contribution is 2.34. The molecule has 3 amide bonds. The molecule has 0 spiro atoms. The van der Waals surface area contributed by atoms with Crippen molar-refractivity contribution < 1.29 is 14.0 Å². The Morgan fingerprint density at radius 2 is 1.76 bits per heavy atom. The summed E-state index contributed by atoms with van der Waals surface area (Å²) >= 11 is 0. The van der Waals surface area contributed by atoms with Crippen LogP contribution in [0.3, 0.4) is 0 Å². The lowest BCUT2D eigenvalue weighted by atomic mass is 9.87. The number of aryl methyl sites for hydroxylation is 2. The lowest BCUT2D eigenvalue weighted by Crippen LogP contribution is -2.43. The molecule has 0 saturated carbocycles. The van der Waals surface area contributed by atoms with Gasteiger partial charge < -0.3 is 9.73 Å². The Balaban J connectivity index is 1.78. The zero-order valence-corrected chi connectivity index (χ0v) is 16.6. The van der Waals surface area contributed by atoms with E-state index in [0.717, 1.165) is 22.1 Å². The van der Waals surface area contributed by atoms with Gasteiger partial charge in [-0.1, -0.05) is 49.4 Å². The van der Waals surface area contributed by atoms with Crippen LogP contribution < -0.4 is 10.9 Å². The minimum atomic E-state index is -1.10. The molecule has 0 bridgehead atoms. The molecule has 1 aromatic heterocycles. The van der Waals surface area contributed by atoms with Gasteiger partial charge in [-0.15, -0.1) is 0 Å². The predicted octanol–water partition coefficient (Wildman–Crippen LogP) is 3.77. The van der Waals surface area contributed by atoms with Crippen molar-refractivity contribution in [2.75, 3.05) is 0 Å². The number of amides is 3. The average molecular weight is 390 g/mol. The lowest BCUT2D eigenvalue weighted by molar-refractivity contribution is -0.132. The summed E-state index contributed by atoms with van der Waals surface area (Å²) in [5.41, 5.74) is 2.09. The fourth-order valence-corrected chi connectivity index (χ4v) is 3.96. The van der Waals surface area contributed by atoms with E-state index in [1.54, 1.807) is 0 Å². The Labute approximate surface area is 168 Å². The van der Waals surface area contributed by atoms with Crippen LogP contribution in [0.1, 0.15) is 35.6 Å². The van der Waals surface area contributed by atoms with Crippen molar-refractivity contribution >= 4 is 22.9 Å². The highest BCUT2D eigenvalue weighted by molar-refractivity contribution is 6.07. The molecule has 3 aromatic rings. The molecule has 2 aromatic carbocycles. The van der Waals surface area contributed by atoms with Crippen molar-refractivity contribution in [3.8, 4) is 0 Å². The number of benzene rings is 2. The monoisotopic (exact) mass is 390 g/mol. The minimum absolute atomic E-state index is 0.00382. The Hall–Kier alpha value is -3.41. The number of nitrogens with zero attached hydrogens (tertiary/aromatic N) is 1. The van der Waals surface area contributed by atoms with Crippen LogP contribution in [0.5, 0.6) is 0 Å². The number of urea groups is 1. The van der Waals surface area contributed by atoms with Gasteiger partial charge in [-0.3, -0.25) is 9.69 Å². The van der Waals surface area contributed by atoms with Gasteiger partial charge in [0.15, 0.2) is 0 Å². The van der Waals surface area contributed by atoms with E-state index in [2.05, 4.69) is 5.32 Å². The molecule has 0 radical (unpaired) electrons. The van der Waals surface area contributed by atoms with Crippen LogP contribution in [0.25, 0.3) is 11.0 Å². The molecule has 148 valence electrons. The van der Waals surface area contributed by atoms with Crippen LogP contribution >= 0.6 is 0 Å². The van der Waals surface area contributed by atoms with E-state index in [4.69, 9.17) is 4.42 Å². The first-order valence-electron chi connectivity index (χ1n) is 9.60. The highest BCUT2D eigenvalue weighted by atomic mass is 16.4. The molecular weight excluding hydrogens is 368 g/mol. The van der Waals surface area contributed by atoms with Crippen molar-refractivity contribution in [2.45, 2.75) is 39.3 Å². The Bertz CT molecular complexity index is 1180. The molecule has 1 saturated heterocycles. The second-order valence-corrected chi connectivity index (χ2v) is 7.42. The summed E-state index contributed by atoms with van der Waals surface area (Å²) in [6, 6.07) is 13.9. The fraction of sp³-hybridized carbons (Fsp3) is 0.261. The summed E-state index contributed by atoms with van der Waals surface area (Å²) in [6.45, 7) is 5.70. The van der Waals surface area contributed by atoms with Crippen molar-refractivity contribution in [2.24, 2.45) is 0 Å². The van der Waals surface area contributed by atoms with Gasteiger partial charge in [0, 0.05) is 11.5 Å². The van der Waals surface area contributed by atoms with Gasteiger partial charge in [-0.05, 0) is 42.5 Å². The number of imide groups is 1. The fourth-order valence-electron chi connectivity index (χ4n) is 3.96. The van der Waals surface area contributed by atoms with Crippen LogP contribution in [-0.4, -0.2) is 16.8 Å². The van der Waals surface area contributed by atoms with Gasteiger partial charge in [0.05, 0.1) is 6.54 Å². The van der Waals surface area contributed by atoms with E-state index < -0.39 is 17.2 Å². The quantitative estimate of drug-likeness (QED) is 0.543. The number of carbonyl (C=O) groups is 2. The number of hydrogen-bond acceptors (Lipinski definition) is 4. The Morgan fingerprint density at radius 3 is 2.45 bits per heavy atom. The molecule has 1 fully saturated rings. The molecule has 1 aliphatic heterocycles. The van der Waals surface area contributed by atoms with E-state index in [1.165, 1.54) is 11.0 Å². The molecule has 6 heteroatoms. The number of carbonyl (C=O) groups excluding carboxylic acids is 2. The maximum atomic E-state index is 13.4. The van der Waals surface area contributed by atoms with Crippen molar-refractivity contribution in [1.29, 1.82) is 0 Å². The van der Waals surface area contributed by atoms with E-state index in [-0.39, 0.29) is 12.5 Å². The summed E-state index contributed by atoms with van der Waals surface area (Å²) in [6.07, 6.45) is 0.425. The normalized spacial score (nSPS) is 19.1. The first kappa shape index (κ1) is 18.9. The molecule has 0 aliphatic carbocycles. The minimum Gasteiger partial charge on any atom is -0.422 e. The Morgan fingerprint density at radius 1 is 1.03 bits per heavy atom. The summed E-state index contributed by atoms with van der Waals surface area (Å²) in [5.74, 6) is -0.318. The van der Waals surface area contributed by atoms with E-state index in [0.29, 0.717) is 17.6 Å². The molecule has 1 aliphatic rings. The number of hydrogen-bond donors (Lipinski definition) is 1.